The highest BCUT2D eigenvalue weighted by Gasteiger charge is 2.30. The molecule has 1 aromatic heterocycles. The molecule has 2 aliphatic rings. The predicted molar refractivity (Wildman–Crippen MR) is 72.5 cm³/mol. The number of nitrogens with zero attached hydrogens (tertiary/aromatic N) is 2. The van der Waals surface area contributed by atoms with Crippen LogP contribution in [0.2, 0.25) is 0 Å². The van der Waals surface area contributed by atoms with Crippen LogP contribution in [0.5, 0.6) is 0 Å². The predicted octanol–water partition coefficient (Wildman–Crippen LogP) is 2.51. The summed E-state index contributed by atoms with van der Waals surface area (Å²) in [6.45, 7) is 2.73. The first kappa shape index (κ1) is 12.0. The van der Waals surface area contributed by atoms with Crippen molar-refractivity contribution in [1.82, 2.24) is 9.47 Å². The maximum absolute atomic E-state index is 5.70. The van der Waals surface area contributed by atoms with Gasteiger partial charge in [0, 0.05) is 31.5 Å². The lowest BCUT2D eigenvalue weighted by molar-refractivity contribution is -0.0260. The minimum atomic E-state index is 0.409. The number of allylic oxidation sites excluding steroid dienone is 1. The van der Waals surface area contributed by atoms with Crippen molar-refractivity contribution in [2.24, 2.45) is 7.05 Å². The number of aryl methyl sites for hydroxylation is 1. The molecule has 0 unspecified atom stereocenters. The number of aromatic nitrogens is 1. The zero-order valence-corrected chi connectivity index (χ0v) is 11.1. The molecule has 98 valence electrons. The van der Waals surface area contributed by atoms with Gasteiger partial charge < -0.3 is 9.30 Å². The fourth-order valence-electron chi connectivity index (χ4n) is 3.16. The van der Waals surface area contributed by atoms with Crippen LogP contribution in [-0.4, -0.2) is 35.3 Å². The number of ether oxygens (including phenoxy) is 1. The van der Waals surface area contributed by atoms with Crippen molar-refractivity contribution in [2.45, 2.75) is 31.3 Å². The maximum Gasteiger partial charge on any atom is 0.0742 e. The van der Waals surface area contributed by atoms with E-state index in [-0.39, 0.29) is 0 Å². The van der Waals surface area contributed by atoms with E-state index in [4.69, 9.17) is 4.74 Å². The summed E-state index contributed by atoms with van der Waals surface area (Å²) in [5.74, 6) is 0. The van der Waals surface area contributed by atoms with E-state index in [1.54, 1.807) is 0 Å². The summed E-state index contributed by atoms with van der Waals surface area (Å²) in [6.07, 6.45) is 10.7. The van der Waals surface area contributed by atoms with E-state index >= 15 is 0 Å². The summed E-state index contributed by atoms with van der Waals surface area (Å²) in [5.41, 5.74) is 1.37. The second-order valence-corrected chi connectivity index (χ2v) is 5.30. The highest BCUT2D eigenvalue weighted by molar-refractivity contribution is 5.14. The Bertz CT molecular complexity index is 424. The van der Waals surface area contributed by atoms with Crippen LogP contribution >= 0.6 is 0 Å². The third-order valence-corrected chi connectivity index (χ3v) is 4.15. The number of rotatable bonds is 2. The molecular weight excluding hydrogens is 224 g/mol. The average molecular weight is 246 g/mol. The Morgan fingerprint density at radius 2 is 2.33 bits per heavy atom. The van der Waals surface area contributed by atoms with Crippen molar-refractivity contribution in [1.29, 1.82) is 0 Å². The molecule has 1 fully saturated rings. The Balaban J connectivity index is 1.84. The summed E-state index contributed by atoms with van der Waals surface area (Å²) in [5, 5.41) is 0. The minimum Gasteiger partial charge on any atom is -0.378 e. The monoisotopic (exact) mass is 246 g/mol. The van der Waals surface area contributed by atoms with E-state index in [0.29, 0.717) is 12.1 Å². The lowest BCUT2D eigenvalue weighted by Gasteiger charge is -2.41. The Kier molecular flexibility index (Phi) is 3.52. The molecule has 0 aromatic carbocycles. The SMILES string of the molecule is Cn1cccc1[C@@H]1COCCN1[C@@H]1C=CCCC1. The molecule has 3 nitrogen and oxygen atoms in total. The first-order valence-corrected chi connectivity index (χ1v) is 6.97. The van der Waals surface area contributed by atoms with Gasteiger partial charge in [-0.15, -0.1) is 0 Å². The van der Waals surface area contributed by atoms with Gasteiger partial charge in [-0.2, -0.15) is 0 Å². The zero-order valence-electron chi connectivity index (χ0n) is 11.1. The van der Waals surface area contributed by atoms with E-state index in [0.717, 1.165) is 19.8 Å². The van der Waals surface area contributed by atoms with Crippen molar-refractivity contribution >= 4 is 0 Å². The van der Waals surface area contributed by atoms with Gasteiger partial charge in [0.25, 0.3) is 0 Å². The Hall–Kier alpha value is -1.06. The van der Waals surface area contributed by atoms with Crippen molar-refractivity contribution in [3.05, 3.63) is 36.2 Å². The highest BCUT2D eigenvalue weighted by atomic mass is 16.5. The van der Waals surface area contributed by atoms with Crippen LogP contribution < -0.4 is 0 Å². The normalized spacial score (nSPS) is 29.6. The summed E-state index contributed by atoms with van der Waals surface area (Å²) in [4.78, 5) is 2.62. The second kappa shape index (κ2) is 5.29. The van der Waals surface area contributed by atoms with Crippen LogP contribution in [0.1, 0.15) is 31.0 Å². The molecule has 1 aromatic rings. The van der Waals surface area contributed by atoms with Crippen molar-refractivity contribution in [2.75, 3.05) is 19.8 Å². The summed E-state index contributed by atoms with van der Waals surface area (Å²) >= 11 is 0. The molecule has 2 heterocycles. The number of hydrogen-bond donors (Lipinski definition) is 0. The number of morpholine rings is 1. The van der Waals surface area contributed by atoms with Gasteiger partial charge in [0.15, 0.2) is 0 Å². The van der Waals surface area contributed by atoms with Gasteiger partial charge in [-0.1, -0.05) is 12.2 Å². The van der Waals surface area contributed by atoms with Crippen LogP contribution in [-0.2, 0) is 11.8 Å². The molecule has 1 saturated heterocycles. The van der Waals surface area contributed by atoms with Gasteiger partial charge in [-0.3, -0.25) is 4.90 Å². The van der Waals surface area contributed by atoms with Gasteiger partial charge >= 0.3 is 0 Å². The molecule has 18 heavy (non-hydrogen) atoms. The first-order valence-electron chi connectivity index (χ1n) is 6.97. The molecule has 2 atom stereocenters. The third-order valence-electron chi connectivity index (χ3n) is 4.15. The van der Waals surface area contributed by atoms with Gasteiger partial charge in [-0.25, -0.2) is 0 Å². The van der Waals surface area contributed by atoms with Crippen molar-refractivity contribution in [3.8, 4) is 0 Å². The zero-order chi connectivity index (χ0) is 12.4. The molecule has 0 radical (unpaired) electrons. The molecule has 0 bridgehead atoms. The standard InChI is InChI=1S/C15H22N2O/c1-16-9-5-8-14(16)15-12-18-11-10-17(15)13-6-3-2-4-7-13/h3,5-6,8-9,13,15H,2,4,7,10-12H2,1H3/t13-,15+/m1/s1. The fraction of sp³-hybridized carbons (Fsp3) is 0.600. The van der Waals surface area contributed by atoms with Crippen LogP contribution in [0, 0.1) is 0 Å². The average Bonchev–Trinajstić information content (AvgIpc) is 2.86. The topological polar surface area (TPSA) is 17.4 Å². The van der Waals surface area contributed by atoms with Crippen LogP contribution in [0.4, 0.5) is 0 Å². The molecule has 0 N–H and O–H groups in total. The molecule has 3 heteroatoms. The van der Waals surface area contributed by atoms with Crippen molar-refractivity contribution in [3.63, 3.8) is 0 Å². The summed E-state index contributed by atoms with van der Waals surface area (Å²) < 4.78 is 7.92. The van der Waals surface area contributed by atoms with E-state index in [2.05, 4.69) is 47.0 Å². The summed E-state index contributed by atoms with van der Waals surface area (Å²) in [7, 11) is 2.12. The molecule has 3 rings (SSSR count). The first-order chi connectivity index (χ1) is 8.86. The smallest absolute Gasteiger partial charge is 0.0742 e. The van der Waals surface area contributed by atoms with E-state index < -0.39 is 0 Å². The Morgan fingerprint density at radius 3 is 3.06 bits per heavy atom. The molecule has 1 aliphatic carbocycles. The van der Waals surface area contributed by atoms with Gasteiger partial charge in [-0.05, 0) is 31.4 Å². The maximum atomic E-state index is 5.70. The van der Waals surface area contributed by atoms with Crippen LogP contribution in [0.25, 0.3) is 0 Å². The lowest BCUT2D eigenvalue weighted by atomic mass is 9.98. The molecule has 0 spiro atoms. The van der Waals surface area contributed by atoms with Crippen LogP contribution in [0.3, 0.4) is 0 Å². The van der Waals surface area contributed by atoms with Crippen LogP contribution in [0.15, 0.2) is 30.5 Å². The molecule has 0 amide bonds. The quantitative estimate of drug-likeness (QED) is 0.746. The lowest BCUT2D eigenvalue weighted by Crippen LogP contribution is -2.46. The molecule has 0 saturated carbocycles. The molecular formula is C15H22N2O. The Morgan fingerprint density at radius 1 is 1.39 bits per heavy atom. The van der Waals surface area contributed by atoms with E-state index in [1.807, 2.05) is 0 Å². The van der Waals surface area contributed by atoms with Gasteiger partial charge in [0.1, 0.15) is 0 Å². The third kappa shape index (κ3) is 2.25. The van der Waals surface area contributed by atoms with E-state index in [1.165, 1.54) is 25.0 Å². The fourth-order valence-corrected chi connectivity index (χ4v) is 3.16. The van der Waals surface area contributed by atoms with Gasteiger partial charge in [0.05, 0.1) is 19.3 Å². The summed E-state index contributed by atoms with van der Waals surface area (Å²) in [6, 6.07) is 5.35. The van der Waals surface area contributed by atoms with Crippen molar-refractivity contribution < 1.29 is 4.74 Å². The molecule has 1 aliphatic heterocycles. The van der Waals surface area contributed by atoms with E-state index in [9.17, 15) is 0 Å². The number of hydrogen-bond acceptors (Lipinski definition) is 2. The second-order valence-electron chi connectivity index (χ2n) is 5.30. The highest BCUT2D eigenvalue weighted by Crippen LogP contribution is 2.29. The minimum absolute atomic E-state index is 0.409. The Labute approximate surface area is 109 Å². The largest absolute Gasteiger partial charge is 0.378 e. The van der Waals surface area contributed by atoms with Gasteiger partial charge in [0.2, 0.25) is 0 Å².